The molecule has 0 aliphatic rings. The van der Waals surface area contributed by atoms with Crippen LogP contribution < -0.4 is 10.5 Å². The Kier molecular flexibility index (Phi) is 4.73. The van der Waals surface area contributed by atoms with Crippen LogP contribution in [0, 0.1) is 5.92 Å². The normalized spacial score (nSPS) is 12.8. The summed E-state index contributed by atoms with van der Waals surface area (Å²) in [5, 5.41) is 0. The summed E-state index contributed by atoms with van der Waals surface area (Å²) < 4.78 is 7.13. The smallest absolute Gasteiger partial charge is 0.240 e. The fourth-order valence-corrected chi connectivity index (χ4v) is 2.75. The number of hydrogen-bond donors (Lipinski definition) is 1. The van der Waals surface area contributed by atoms with E-state index in [0.717, 1.165) is 22.6 Å². The van der Waals surface area contributed by atoms with Crippen LogP contribution in [0.2, 0.25) is 0 Å². The number of nitrogens with two attached hydrogens (primary N) is 1. The van der Waals surface area contributed by atoms with E-state index in [9.17, 15) is 4.79 Å². The third-order valence-electron chi connectivity index (χ3n) is 3.49. The summed E-state index contributed by atoms with van der Waals surface area (Å²) in [6, 6.07) is 5.16. The molecule has 0 fully saturated rings. The summed E-state index contributed by atoms with van der Waals surface area (Å²) in [5.74, 6) is 1.63. The lowest BCUT2D eigenvalue weighted by molar-refractivity contribution is -0.122. The SMILES string of the molecule is COc1ccc2c(c1)nc(CCCl)n2C(C(N)=O)C(C)C. The molecule has 0 bridgehead atoms. The van der Waals surface area contributed by atoms with E-state index in [2.05, 4.69) is 4.98 Å². The van der Waals surface area contributed by atoms with Crippen LogP contribution in [0.3, 0.4) is 0 Å². The monoisotopic (exact) mass is 309 g/mol. The molecule has 114 valence electrons. The number of halogens is 1. The van der Waals surface area contributed by atoms with E-state index in [-0.39, 0.29) is 11.8 Å². The molecule has 1 atom stereocenters. The Balaban J connectivity index is 2.68. The van der Waals surface area contributed by atoms with E-state index in [0.29, 0.717) is 12.3 Å². The number of rotatable bonds is 6. The van der Waals surface area contributed by atoms with Crippen LogP contribution in [-0.2, 0) is 11.2 Å². The van der Waals surface area contributed by atoms with Crippen LogP contribution in [0.25, 0.3) is 11.0 Å². The van der Waals surface area contributed by atoms with Gasteiger partial charge in [0.05, 0.1) is 18.1 Å². The summed E-state index contributed by atoms with van der Waals surface area (Å²) in [7, 11) is 1.61. The zero-order valence-corrected chi connectivity index (χ0v) is 13.2. The Bertz CT molecular complexity index is 652. The average molecular weight is 310 g/mol. The largest absolute Gasteiger partial charge is 0.497 e. The highest BCUT2D eigenvalue weighted by Crippen LogP contribution is 2.28. The molecule has 6 heteroatoms. The number of hydrogen-bond acceptors (Lipinski definition) is 3. The summed E-state index contributed by atoms with van der Waals surface area (Å²) in [6.07, 6.45) is 0.578. The van der Waals surface area contributed by atoms with Crippen molar-refractivity contribution in [2.45, 2.75) is 26.3 Å². The van der Waals surface area contributed by atoms with Gasteiger partial charge in [0.1, 0.15) is 17.6 Å². The summed E-state index contributed by atoms with van der Waals surface area (Å²) in [4.78, 5) is 16.5. The second-order valence-corrected chi connectivity index (χ2v) is 5.66. The topological polar surface area (TPSA) is 70.1 Å². The molecule has 0 saturated heterocycles. The first-order chi connectivity index (χ1) is 9.99. The average Bonchev–Trinajstić information content (AvgIpc) is 2.76. The van der Waals surface area contributed by atoms with Crippen molar-refractivity contribution in [2.75, 3.05) is 13.0 Å². The number of methoxy groups -OCH3 is 1. The third kappa shape index (κ3) is 2.97. The van der Waals surface area contributed by atoms with Gasteiger partial charge in [0.2, 0.25) is 5.91 Å². The van der Waals surface area contributed by atoms with E-state index in [1.165, 1.54) is 0 Å². The highest BCUT2D eigenvalue weighted by atomic mass is 35.5. The molecule has 0 radical (unpaired) electrons. The van der Waals surface area contributed by atoms with Crippen molar-refractivity contribution < 1.29 is 9.53 Å². The van der Waals surface area contributed by atoms with Crippen LogP contribution >= 0.6 is 11.6 Å². The number of alkyl halides is 1. The maximum Gasteiger partial charge on any atom is 0.240 e. The summed E-state index contributed by atoms with van der Waals surface area (Å²) >= 11 is 5.86. The van der Waals surface area contributed by atoms with Gasteiger partial charge < -0.3 is 15.0 Å². The van der Waals surface area contributed by atoms with Gasteiger partial charge in [-0.25, -0.2) is 4.98 Å². The highest BCUT2D eigenvalue weighted by Gasteiger charge is 2.26. The molecule has 2 N–H and O–H groups in total. The van der Waals surface area contributed by atoms with E-state index < -0.39 is 6.04 Å². The van der Waals surface area contributed by atoms with Gasteiger partial charge in [-0.05, 0) is 18.1 Å². The van der Waals surface area contributed by atoms with Crippen LogP contribution in [0.1, 0.15) is 25.7 Å². The van der Waals surface area contributed by atoms with E-state index in [4.69, 9.17) is 22.1 Å². The van der Waals surface area contributed by atoms with Gasteiger partial charge in [-0.2, -0.15) is 0 Å². The van der Waals surface area contributed by atoms with E-state index in [1.807, 2.05) is 36.6 Å². The number of amides is 1. The number of carbonyl (C=O) groups is 1. The molecule has 1 heterocycles. The van der Waals surface area contributed by atoms with Gasteiger partial charge >= 0.3 is 0 Å². The molecule has 1 unspecified atom stereocenters. The molecule has 21 heavy (non-hydrogen) atoms. The molecule has 0 saturated carbocycles. The lowest BCUT2D eigenvalue weighted by Gasteiger charge is -2.22. The molecule has 0 spiro atoms. The molecule has 1 aromatic heterocycles. The van der Waals surface area contributed by atoms with E-state index in [1.54, 1.807) is 7.11 Å². The number of benzene rings is 1. The number of aryl methyl sites for hydroxylation is 1. The lowest BCUT2D eigenvalue weighted by Crippen LogP contribution is -2.31. The van der Waals surface area contributed by atoms with E-state index >= 15 is 0 Å². The second kappa shape index (κ2) is 6.35. The number of aromatic nitrogens is 2. The Morgan fingerprint density at radius 2 is 2.19 bits per heavy atom. The first-order valence-electron chi connectivity index (χ1n) is 6.89. The Hall–Kier alpha value is -1.75. The molecular formula is C15H20ClN3O2. The fraction of sp³-hybridized carbons (Fsp3) is 0.467. The quantitative estimate of drug-likeness (QED) is 0.833. The van der Waals surface area contributed by atoms with Gasteiger partial charge in [0.15, 0.2) is 0 Å². The fourth-order valence-electron chi connectivity index (χ4n) is 2.58. The highest BCUT2D eigenvalue weighted by molar-refractivity contribution is 6.17. The molecule has 2 aromatic rings. The maximum atomic E-state index is 11.9. The first kappa shape index (κ1) is 15.6. The Morgan fingerprint density at radius 1 is 1.48 bits per heavy atom. The van der Waals surface area contributed by atoms with Gasteiger partial charge in [-0.1, -0.05) is 13.8 Å². The maximum absolute atomic E-state index is 11.9. The van der Waals surface area contributed by atoms with Crippen LogP contribution in [0.5, 0.6) is 5.75 Å². The van der Waals surface area contributed by atoms with Crippen molar-refractivity contribution in [2.24, 2.45) is 11.7 Å². The van der Waals surface area contributed by atoms with Crippen molar-refractivity contribution in [1.82, 2.24) is 9.55 Å². The van der Waals surface area contributed by atoms with Gasteiger partial charge in [-0.15, -0.1) is 11.6 Å². The lowest BCUT2D eigenvalue weighted by atomic mass is 10.0. The standard InChI is InChI=1S/C15H20ClN3O2/c1-9(2)14(15(17)20)19-12-5-4-10(21-3)8-11(12)18-13(19)6-7-16/h4-5,8-9,14H,6-7H2,1-3H3,(H2,17,20). The number of primary amides is 1. The minimum atomic E-state index is -0.443. The number of carbonyl (C=O) groups excluding carboxylic acids is 1. The zero-order valence-electron chi connectivity index (χ0n) is 12.5. The number of imidazole rings is 1. The van der Waals surface area contributed by atoms with Crippen LogP contribution in [-0.4, -0.2) is 28.4 Å². The van der Waals surface area contributed by atoms with Gasteiger partial charge in [0, 0.05) is 18.4 Å². The van der Waals surface area contributed by atoms with Crippen LogP contribution in [0.4, 0.5) is 0 Å². The summed E-state index contributed by atoms with van der Waals surface area (Å²) in [6.45, 7) is 3.94. The molecule has 0 aliphatic carbocycles. The van der Waals surface area contributed by atoms with Crippen molar-refractivity contribution >= 4 is 28.5 Å². The number of fused-ring (bicyclic) bond motifs is 1. The molecule has 2 rings (SSSR count). The summed E-state index contributed by atoms with van der Waals surface area (Å²) in [5.41, 5.74) is 7.24. The molecule has 0 aliphatic heterocycles. The minimum Gasteiger partial charge on any atom is -0.497 e. The van der Waals surface area contributed by atoms with Crippen molar-refractivity contribution in [3.05, 3.63) is 24.0 Å². The van der Waals surface area contributed by atoms with Crippen LogP contribution in [0.15, 0.2) is 18.2 Å². The minimum absolute atomic E-state index is 0.0658. The Labute approximate surface area is 129 Å². The molecule has 1 aromatic carbocycles. The van der Waals surface area contributed by atoms with Crippen molar-refractivity contribution in [3.63, 3.8) is 0 Å². The molecule has 1 amide bonds. The molecule has 5 nitrogen and oxygen atoms in total. The Morgan fingerprint density at radius 3 is 2.71 bits per heavy atom. The van der Waals surface area contributed by atoms with Gasteiger partial charge in [-0.3, -0.25) is 4.79 Å². The second-order valence-electron chi connectivity index (χ2n) is 5.28. The third-order valence-corrected chi connectivity index (χ3v) is 3.68. The predicted octanol–water partition coefficient (Wildman–Crippen LogP) is 2.51. The number of nitrogens with zero attached hydrogens (tertiary/aromatic N) is 2. The van der Waals surface area contributed by atoms with Gasteiger partial charge in [0.25, 0.3) is 0 Å². The molecular weight excluding hydrogens is 290 g/mol. The number of ether oxygens (including phenoxy) is 1. The first-order valence-corrected chi connectivity index (χ1v) is 7.43. The zero-order chi connectivity index (χ0) is 15.6. The predicted molar refractivity (Wildman–Crippen MR) is 83.8 cm³/mol. The van der Waals surface area contributed by atoms with Crippen molar-refractivity contribution in [3.8, 4) is 5.75 Å². The van der Waals surface area contributed by atoms with Crippen molar-refractivity contribution in [1.29, 1.82) is 0 Å².